The zero-order chi connectivity index (χ0) is 26.2. The zero-order valence-corrected chi connectivity index (χ0v) is 29.3. The minimum atomic E-state index is -2.57. The van der Waals surface area contributed by atoms with Crippen LogP contribution in [0.4, 0.5) is 0 Å². The Morgan fingerprint density at radius 1 is 0.615 bits per heavy atom. The summed E-state index contributed by atoms with van der Waals surface area (Å²) < 4.78 is 1.52. The summed E-state index contributed by atoms with van der Waals surface area (Å²) >= 11 is 2.34. The molecule has 0 N–H and O–H groups in total. The molecule has 1 aliphatic rings. The van der Waals surface area contributed by atoms with Gasteiger partial charge < -0.3 is 37.2 Å². The summed E-state index contributed by atoms with van der Waals surface area (Å²) in [5.41, 5.74) is 5.77. The molecule has 0 spiro atoms. The molecule has 206 valence electrons. The maximum atomic E-state index is 2.60. The average Bonchev–Trinajstić information content (AvgIpc) is 3.12. The second kappa shape index (κ2) is 14.7. The predicted octanol–water partition coefficient (Wildman–Crippen LogP) is -1.52. The van der Waals surface area contributed by atoms with Gasteiger partial charge in [-0.05, 0) is 0 Å². The van der Waals surface area contributed by atoms with E-state index in [1.54, 1.807) is 5.20 Å². The second-order valence-corrected chi connectivity index (χ2v) is 16.1. The van der Waals surface area contributed by atoms with Crippen molar-refractivity contribution >= 4 is 23.6 Å². The van der Waals surface area contributed by atoms with Crippen molar-refractivity contribution in [1.82, 2.24) is 0 Å². The van der Waals surface area contributed by atoms with Gasteiger partial charge in [0.25, 0.3) is 0 Å². The molecule has 1 unspecified atom stereocenters. The van der Waals surface area contributed by atoms with Gasteiger partial charge in [-0.25, -0.2) is 0 Å². The van der Waals surface area contributed by atoms with Gasteiger partial charge in [-0.2, -0.15) is 0 Å². The molecule has 3 aromatic carbocycles. The fraction of sp³-hybridized carbons (Fsp3) is 0.353. The molecular formula is C34H41Cl3SiTi. The van der Waals surface area contributed by atoms with Gasteiger partial charge in [-0.15, -0.1) is 0 Å². The maximum Gasteiger partial charge on any atom is -1.00 e. The van der Waals surface area contributed by atoms with E-state index < -0.39 is 8.07 Å². The Morgan fingerprint density at radius 3 is 1.21 bits per heavy atom. The van der Waals surface area contributed by atoms with Crippen LogP contribution in [0.15, 0.2) is 93.5 Å². The molecule has 0 saturated carbocycles. The molecule has 0 nitrogen and oxygen atoms in total. The van der Waals surface area contributed by atoms with Gasteiger partial charge in [0.05, 0.1) is 0 Å². The number of halogens is 3. The minimum Gasteiger partial charge on any atom is -1.00 e. The second-order valence-electron chi connectivity index (χ2n) is 11.5. The SMILES string of the molecule is CC1=[C]([Ti+3])C(C)C=C1[Si](c1cccc(C(C)C)c1)(c1cccc(C(C)C)c1)c1cccc(C(C)C)c1.[Cl-].[Cl-].[Cl-]. The van der Waals surface area contributed by atoms with E-state index in [2.05, 4.69) is 155 Å². The molecule has 0 aliphatic heterocycles. The topological polar surface area (TPSA) is 0 Å². The first-order valence-corrected chi connectivity index (χ1v) is 16.3. The number of benzene rings is 3. The third-order valence-corrected chi connectivity index (χ3v) is 14.2. The molecule has 0 amide bonds. The Balaban J connectivity index is 0.00000253. The third kappa shape index (κ3) is 6.88. The zero-order valence-electron chi connectivity index (χ0n) is 24.4. The summed E-state index contributed by atoms with van der Waals surface area (Å²) in [6.07, 6.45) is 2.60. The summed E-state index contributed by atoms with van der Waals surface area (Å²) in [6, 6.07) is 28.7. The smallest absolute Gasteiger partial charge is 1.00 e. The molecule has 39 heavy (non-hydrogen) atoms. The monoisotopic (exact) mass is 630 g/mol. The standard InChI is InChI=1S/C34H41Si.3ClH.Ti/c1-23(2)28-12-9-15-31(20-28)35(34-19-26(7)18-27(34)8,32-16-10-13-29(21-32)24(3)4)33-17-11-14-30(22-33)25(5)6;;;;/h9-17,19-26H,1-8H3;3*1H;/q;;;;+3/p-3. The minimum absolute atomic E-state index is 0. The summed E-state index contributed by atoms with van der Waals surface area (Å²) in [6.45, 7) is 18.6. The molecule has 0 bridgehead atoms. The van der Waals surface area contributed by atoms with Crippen LogP contribution in [0, 0.1) is 5.92 Å². The van der Waals surface area contributed by atoms with Crippen molar-refractivity contribution in [3.05, 3.63) is 110 Å². The summed E-state index contributed by atoms with van der Waals surface area (Å²) in [5, 5.41) is 6.09. The Hall–Kier alpha value is -1.06. The maximum absolute atomic E-state index is 2.60. The quantitative estimate of drug-likeness (QED) is 0.220. The van der Waals surface area contributed by atoms with E-state index in [1.165, 1.54) is 41.7 Å². The van der Waals surface area contributed by atoms with Crippen molar-refractivity contribution in [3.63, 3.8) is 0 Å². The fourth-order valence-corrected chi connectivity index (χ4v) is 11.6. The molecule has 0 aromatic heterocycles. The summed E-state index contributed by atoms with van der Waals surface area (Å²) in [7, 11) is -2.57. The van der Waals surface area contributed by atoms with E-state index in [4.69, 9.17) is 0 Å². The van der Waals surface area contributed by atoms with Crippen LogP contribution in [-0.2, 0) is 20.4 Å². The van der Waals surface area contributed by atoms with E-state index in [9.17, 15) is 0 Å². The van der Waals surface area contributed by atoms with Crippen molar-refractivity contribution in [1.29, 1.82) is 0 Å². The predicted molar refractivity (Wildman–Crippen MR) is 156 cm³/mol. The number of allylic oxidation sites excluding steroid dienone is 4. The van der Waals surface area contributed by atoms with Gasteiger partial charge in [0.1, 0.15) is 0 Å². The van der Waals surface area contributed by atoms with Gasteiger partial charge >= 0.3 is 233 Å². The summed E-state index contributed by atoms with van der Waals surface area (Å²) in [4.78, 5) is 0. The first kappa shape index (κ1) is 36.0. The molecule has 0 saturated heterocycles. The number of hydrogen-bond acceptors (Lipinski definition) is 0. The number of rotatable bonds is 7. The van der Waals surface area contributed by atoms with E-state index in [-0.39, 0.29) is 37.2 Å². The van der Waals surface area contributed by atoms with Crippen LogP contribution in [-0.4, -0.2) is 8.07 Å². The molecule has 0 fully saturated rings. The van der Waals surface area contributed by atoms with Crippen LogP contribution >= 0.6 is 0 Å². The van der Waals surface area contributed by atoms with Crippen LogP contribution in [0.1, 0.15) is 89.8 Å². The fourth-order valence-electron chi connectivity index (χ4n) is 5.71. The van der Waals surface area contributed by atoms with Crippen LogP contribution in [0.5, 0.6) is 0 Å². The normalized spacial score (nSPS) is 15.2. The molecule has 1 atom stereocenters. The first-order chi connectivity index (χ1) is 17.1. The molecule has 0 heterocycles. The third-order valence-electron chi connectivity index (χ3n) is 8.04. The van der Waals surface area contributed by atoms with Gasteiger partial charge in [0.15, 0.2) is 0 Å². The molecule has 4 rings (SSSR count). The van der Waals surface area contributed by atoms with E-state index in [1.807, 2.05) is 0 Å². The number of hydrogen-bond donors (Lipinski definition) is 0. The van der Waals surface area contributed by atoms with Crippen LogP contribution in [0.25, 0.3) is 0 Å². The molecule has 5 heteroatoms. The van der Waals surface area contributed by atoms with E-state index in [0.717, 1.165) is 0 Å². The van der Waals surface area contributed by atoms with Crippen LogP contribution in [0.2, 0.25) is 0 Å². The Kier molecular flexibility index (Phi) is 13.6. The first-order valence-electron chi connectivity index (χ1n) is 13.5. The van der Waals surface area contributed by atoms with Crippen LogP contribution < -0.4 is 52.8 Å². The van der Waals surface area contributed by atoms with E-state index in [0.29, 0.717) is 23.7 Å². The molecule has 0 radical (unpaired) electrons. The van der Waals surface area contributed by atoms with Crippen molar-refractivity contribution in [2.24, 2.45) is 5.92 Å². The molecule has 1 aliphatic carbocycles. The Morgan fingerprint density at radius 2 is 0.949 bits per heavy atom. The molecule has 3 aromatic rings. The molecular weight excluding hydrogens is 591 g/mol. The van der Waals surface area contributed by atoms with Gasteiger partial charge in [-0.1, -0.05) is 0 Å². The van der Waals surface area contributed by atoms with Crippen molar-refractivity contribution < 1.29 is 57.7 Å². The Labute approximate surface area is 268 Å². The van der Waals surface area contributed by atoms with Gasteiger partial charge in [0.2, 0.25) is 0 Å². The van der Waals surface area contributed by atoms with Gasteiger partial charge in [-0.3, -0.25) is 0 Å². The van der Waals surface area contributed by atoms with Crippen molar-refractivity contribution in [3.8, 4) is 0 Å². The van der Waals surface area contributed by atoms with Crippen molar-refractivity contribution in [2.45, 2.75) is 73.1 Å². The largest absolute Gasteiger partial charge is 1.00 e. The Bertz CT molecular complexity index is 1200. The van der Waals surface area contributed by atoms with Gasteiger partial charge in [0, 0.05) is 0 Å². The summed E-state index contributed by atoms with van der Waals surface area (Å²) in [5.74, 6) is 1.96. The van der Waals surface area contributed by atoms with Crippen LogP contribution in [0.3, 0.4) is 0 Å². The average molecular weight is 632 g/mol. The van der Waals surface area contributed by atoms with Crippen molar-refractivity contribution in [2.75, 3.05) is 0 Å². The van der Waals surface area contributed by atoms with E-state index >= 15 is 0 Å².